The van der Waals surface area contributed by atoms with Gasteiger partial charge < -0.3 is 4.74 Å². The summed E-state index contributed by atoms with van der Waals surface area (Å²) in [6, 6.07) is 26.8. The van der Waals surface area contributed by atoms with Crippen LogP contribution in [-0.4, -0.2) is 11.1 Å². The molecule has 0 aliphatic carbocycles. The standard InChI is InChI=1S/C23H18N2O2S/c24-23-25(19-11-5-2-6-12-19)22(26)21(28-23)15-18-10-7-13-20(14-18)27-16-17-8-3-1-4-9-17/h1-15,24H,16H2/b21-15-,24-23?. The van der Waals surface area contributed by atoms with Gasteiger partial charge >= 0.3 is 0 Å². The fraction of sp³-hybridized carbons (Fsp3) is 0.0435. The molecule has 138 valence electrons. The Morgan fingerprint density at radius 2 is 1.64 bits per heavy atom. The zero-order valence-electron chi connectivity index (χ0n) is 15.0. The predicted octanol–water partition coefficient (Wildman–Crippen LogP) is 5.32. The quantitative estimate of drug-likeness (QED) is 0.604. The summed E-state index contributed by atoms with van der Waals surface area (Å²) >= 11 is 1.17. The van der Waals surface area contributed by atoms with E-state index in [1.807, 2.05) is 84.9 Å². The number of ether oxygens (including phenoxy) is 1. The third-order valence-electron chi connectivity index (χ3n) is 4.24. The van der Waals surface area contributed by atoms with Crippen molar-refractivity contribution in [2.75, 3.05) is 4.90 Å². The molecule has 1 saturated heterocycles. The third kappa shape index (κ3) is 4.00. The fourth-order valence-corrected chi connectivity index (χ4v) is 3.75. The van der Waals surface area contributed by atoms with Crippen LogP contribution in [0.5, 0.6) is 5.75 Å². The molecule has 1 aliphatic rings. The molecule has 4 nitrogen and oxygen atoms in total. The van der Waals surface area contributed by atoms with Gasteiger partial charge in [0.25, 0.3) is 5.91 Å². The van der Waals surface area contributed by atoms with Crippen molar-refractivity contribution in [2.45, 2.75) is 6.61 Å². The Kier molecular flexibility index (Phi) is 5.26. The summed E-state index contributed by atoms with van der Waals surface area (Å²) in [5, 5.41) is 8.38. The molecular formula is C23H18N2O2S. The Bertz CT molecular complexity index is 1030. The number of benzene rings is 3. The molecule has 1 aliphatic heterocycles. The average molecular weight is 386 g/mol. The van der Waals surface area contributed by atoms with Crippen molar-refractivity contribution in [1.82, 2.24) is 0 Å². The molecule has 1 heterocycles. The molecule has 0 aromatic heterocycles. The molecule has 1 N–H and O–H groups in total. The summed E-state index contributed by atoms with van der Waals surface area (Å²) in [5.74, 6) is 0.556. The Labute approximate surface area is 168 Å². The van der Waals surface area contributed by atoms with Crippen LogP contribution in [-0.2, 0) is 11.4 Å². The van der Waals surface area contributed by atoms with Gasteiger partial charge in [-0.1, -0.05) is 60.7 Å². The number of nitrogens with one attached hydrogen (secondary N) is 1. The molecule has 3 aromatic rings. The van der Waals surface area contributed by atoms with Crippen molar-refractivity contribution in [3.05, 3.63) is 101 Å². The van der Waals surface area contributed by atoms with Gasteiger partial charge in [0.1, 0.15) is 12.4 Å². The van der Waals surface area contributed by atoms with E-state index in [1.54, 1.807) is 6.08 Å². The number of amidine groups is 1. The lowest BCUT2D eigenvalue weighted by atomic mass is 10.2. The minimum atomic E-state index is -0.184. The highest BCUT2D eigenvalue weighted by Gasteiger charge is 2.33. The zero-order valence-corrected chi connectivity index (χ0v) is 15.9. The predicted molar refractivity (Wildman–Crippen MR) is 114 cm³/mol. The van der Waals surface area contributed by atoms with E-state index in [1.165, 1.54) is 16.7 Å². The number of hydrogen-bond acceptors (Lipinski definition) is 4. The van der Waals surface area contributed by atoms with Gasteiger partial charge in [0.2, 0.25) is 0 Å². The monoisotopic (exact) mass is 386 g/mol. The second-order valence-electron chi connectivity index (χ2n) is 6.24. The van der Waals surface area contributed by atoms with E-state index in [0.29, 0.717) is 17.2 Å². The van der Waals surface area contributed by atoms with Crippen molar-refractivity contribution < 1.29 is 9.53 Å². The highest BCUT2D eigenvalue weighted by molar-refractivity contribution is 8.19. The highest BCUT2D eigenvalue weighted by Crippen LogP contribution is 2.35. The smallest absolute Gasteiger partial charge is 0.271 e. The summed E-state index contributed by atoms with van der Waals surface area (Å²) in [4.78, 5) is 14.7. The summed E-state index contributed by atoms with van der Waals surface area (Å²) in [7, 11) is 0. The molecule has 0 spiro atoms. The van der Waals surface area contributed by atoms with Crippen LogP contribution in [0.3, 0.4) is 0 Å². The molecule has 0 radical (unpaired) electrons. The van der Waals surface area contributed by atoms with Crippen LogP contribution in [0.4, 0.5) is 5.69 Å². The number of anilines is 1. The minimum absolute atomic E-state index is 0.184. The molecule has 3 aromatic carbocycles. The lowest BCUT2D eigenvalue weighted by Gasteiger charge is -2.13. The van der Waals surface area contributed by atoms with Gasteiger partial charge in [0, 0.05) is 0 Å². The lowest BCUT2D eigenvalue weighted by Crippen LogP contribution is -2.27. The van der Waals surface area contributed by atoms with E-state index < -0.39 is 0 Å². The minimum Gasteiger partial charge on any atom is -0.489 e. The van der Waals surface area contributed by atoms with Gasteiger partial charge in [-0.15, -0.1) is 0 Å². The van der Waals surface area contributed by atoms with Crippen LogP contribution < -0.4 is 9.64 Å². The second-order valence-corrected chi connectivity index (χ2v) is 7.27. The maximum atomic E-state index is 12.8. The van der Waals surface area contributed by atoms with Gasteiger partial charge in [-0.3, -0.25) is 15.1 Å². The molecule has 0 unspecified atom stereocenters. The Morgan fingerprint density at radius 1 is 0.929 bits per heavy atom. The molecule has 0 atom stereocenters. The van der Waals surface area contributed by atoms with Crippen molar-refractivity contribution in [1.29, 1.82) is 5.41 Å². The highest BCUT2D eigenvalue weighted by atomic mass is 32.2. The normalized spacial score (nSPS) is 15.3. The van der Waals surface area contributed by atoms with Gasteiger partial charge in [-0.05, 0) is 53.2 Å². The fourth-order valence-electron chi connectivity index (χ4n) is 2.89. The van der Waals surface area contributed by atoms with Crippen molar-refractivity contribution in [2.24, 2.45) is 0 Å². The number of nitrogens with zero attached hydrogens (tertiary/aromatic N) is 1. The molecule has 28 heavy (non-hydrogen) atoms. The van der Waals surface area contributed by atoms with Gasteiger partial charge in [-0.2, -0.15) is 0 Å². The molecule has 4 rings (SSSR count). The van der Waals surface area contributed by atoms with Crippen LogP contribution >= 0.6 is 11.8 Å². The zero-order chi connectivity index (χ0) is 19.3. The molecule has 5 heteroatoms. The van der Waals surface area contributed by atoms with Gasteiger partial charge in [-0.25, -0.2) is 0 Å². The maximum Gasteiger partial charge on any atom is 0.271 e. The first-order valence-corrected chi connectivity index (χ1v) is 9.67. The summed E-state index contributed by atoms with van der Waals surface area (Å²) in [6.07, 6.45) is 1.81. The molecule has 1 fully saturated rings. The topological polar surface area (TPSA) is 53.4 Å². The molecule has 1 amide bonds. The van der Waals surface area contributed by atoms with Crippen molar-refractivity contribution >= 4 is 34.6 Å². The van der Waals surface area contributed by atoms with Crippen LogP contribution in [0.2, 0.25) is 0 Å². The van der Waals surface area contributed by atoms with Crippen molar-refractivity contribution in [3.8, 4) is 5.75 Å². The van der Waals surface area contributed by atoms with E-state index in [2.05, 4.69) is 0 Å². The number of carbonyl (C=O) groups excluding carboxylic acids is 1. The first-order valence-electron chi connectivity index (χ1n) is 8.85. The molecule has 0 saturated carbocycles. The van der Waals surface area contributed by atoms with Gasteiger partial charge in [0.05, 0.1) is 10.6 Å². The largest absolute Gasteiger partial charge is 0.489 e. The number of rotatable bonds is 5. The van der Waals surface area contributed by atoms with Crippen molar-refractivity contribution in [3.63, 3.8) is 0 Å². The second kappa shape index (κ2) is 8.15. The first kappa shape index (κ1) is 18.1. The average Bonchev–Trinajstić information content (AvgIpc) is 3.01. The van der Waals surface area contributed by atoms with E-state index in [9.17, 15) is 4.79 Å². The number of hydrogen-bond donors (Lipinski definition) is 1. The van der Waals surface area contributed by atoms with Gasteiger partial charge in [0.15, 0.2) is 5.17 Å². The number of amides is 1. The van der Waals surface area contributed by atoms with E-state index >= 15 is 0 Å². The number of para-hydroxylation sites is 1. The molecule has 0 bridgehead atoms. The Hall–Kier alpha value is -3.31. The Morgan fingerprint density at radius 3 is 2.39 bits per heavy atom. The van der Waals surface area contributed by atoms with E-state index in [0.717, 1.165) is 16.9 Å². The van der Waals surface area contributed by atoms with Crippen LogP contribution in [0, 0.1) is 5.41 Å². The third-order valence-corrected chi connectivity index (χ3v) is 5.13. The van der Waals surface area contributed by atoms with E-state index in [-0.39, 0.29) is 11.1 Å². The van der Waals surface area contributed by atoms with Crippen LogP contribution in [0.15, 0.2) is 89.8 Å². The number of carbonyl (C=O) groups is 1. The SMILES string of the molecule is N=C1S/C(=C\c2cccc(OCc3ccccc3)c2)C(=O)N1c1ccccc1. The first-order chi connectivity index (χ1) is 13.7. The molecular weight excluding hydrogens is 368 g/mol. The number of thioether (sulfide) groups is 1. The van der Waals surface area contributed by atoms with Crippen LogP contribution in [0.25, 0.3) is 6.08 Å². The maximum absolute atomic E-state index is 12.8. The Balaban J connectivity index is 1.51. The summed E-state index contributed by atoms with van der Waals surface area (Å²) < 4.78 is 5.86. The summed E-state index contributed by atoms with van der Waals surface area (Å²) in [6.45, 7) is 0.487. The van der Waals surface area contributed by atoms with Crippen LogP contribution in [0.1, 0.15) is 11.1 Å². The summed E-state index contributed by atoms with van der Waals surface area (Å²) in [5.41, 5.74) is 2.66. The van der Waals surface area contributed by atoms with E-state index in [4.69, 9.17) is 10.1 Å². The lowest BCUT2D eigenvalue weighted by molar-refractivity contribution is -0.113.